The van der Waals surface area contributed by atoms with Crippen LogP contribution in [0.1, 0.15) is 21.5 Å². The first kappa shape index (κ1) is 17.2. The van der Waals surface area contributed by atoms with E-state index in [0.29, 0.717) is 11.1 Å². The van der Waals surface area contributed by atoms with Gasteiger partial charge in [0.25, 0.3) is 0 Å². The number of rotatable bonds is 3. The average molecular weight is 343 g/mol. The predicted octanol–water partition coefficient (Wildman–Crippen LogP) is 3.96. The number of nitrogen functional groups attached to an aromatic ring is 1. The van der Waals surface area contributed by atoms with Crippen LogP contribution >= 0.6 is 0 Å². The van der Waals surface area contributed by atoms with E-state index in [1.807, 2.05) is 37.3 Å². The quantitative estimate of drug-likeness (QED) is 0.727. The van der Waals surface area contributed by atoms with Crippen LogP contribution in [0.3, 0.4) is 0 Å². The van der Waals surface area contributed by atoms with Gasteiger partial charge in [0.1, 0.15) is 17.5 Å². The second-order valence-corrected chi connectivity index (χ2v) is 5.77. The fraction of sp³-hybridized carbons (Fsp3) is 0.0952. The molecule has 0 amide bonds. The molecule has 3 aromatic rings. The number of carbonyl (C=O) groups is 1. The van der Waals surface area contributed by atoms with Gasteiger partial charge in [-0.3, -0.25) is 0 Å². The summed E-state index contributed by atoms with van der Waals surface area (Å²) in [5.74, 6) is -0.225. The molecule has 128 valence electrons. The number of aromatic nitrogens is 1. The van der Waals surface area contributed by atoms with Gasteiger partial charge in [0, 0.05) is 11.1 Å². The normalized spacial score (nSPS) is 10.2. The number of esters is 1. The highest BCUT2D eigenvalue weighted by molar-refractivity contribution is 5.91. The summed E-state index contributed by atoms with van der Waals surface area (Å²) < 4.78 is 4.73. The van der Waals surface area contributed by atoms with Crippen molar-refractivity contribution in [1.29, 1.82) is 5.26 Å². The van der Waals surface area contributed by atoms with Gasteiger partial charge in [-0.15, -0.1) is 0 Å². The lowest BCUT2D eigenvalue weighted by molar-refractivity contribution is 0.0601. The van der Waals surface area contributed by atoms with Crippen molar-refractivity contribution >= 4 is 11.8 Å². The predicted molar refractivity (Wildman–Crippen MR) is 100 cm³/mol. The van der Waals surface area contributed by atoms with E-state index in [1.54, 1.807) is 24.3 Å². The number of hydrogen-bond acceptors (Lipinski definition) is 5. The summed E-state index contributed by atoms with van der Waals surface area (Å²) in [4.78, 5) is 16.1. The largest absolute Gasteiger partial charge is 0.465 e. The van der Waals surface area contributed by atoms with Crippen LogP contribution in [0.4, 0.5) is 5.82 Å². The molecule has 0 unspecified atom stereocenters. The third-order valence-electron chi connectivity index (χ3n) is 4.22. The van der Waals surface area contributed by atoms with Crippen LogP contribution in [-0.4, -0.2) is 18.1 Å². The number of anilines is 1. The third kappa shape index (κ3) is 3.01. The average Bonchev–Trinajstić information content (AvgIpc) is 2.69. The fourth-order valence-corrected chi connectivity index (χ4v) is 2.94. The van der Waals surface area contributed by atoms with Crippen LogP contribution in [0.2, 0.25) is 0 Å². The molecule has 0 bridgehead atoms. The molecule has 0 saturated carbocycles. The van der Waals surface area contributed by atoms with Crippen molar-refractivity contribution in [3.8, 4) is 28.5 Å². The van der Waals surface area contributed by atoms with Gasteiger partial charge in [-0.1, -0.05) is 42.5 Å². The lowest BCUT2D eigenvalue weighted by Crippen LogP contribution is -2.04. The molecular weight excluding hydrogens is 326 g/mol. The number of hydrogen-bond donors (Lipinski definition) is 1. The number of carbonyl (C=O) groups excluding carboxylic acids is 1. The molecule has 0 radical (unpaired) electrons. The Morgan fingerprint density at radius 2 is 1.73 bits per heavy atom. The van der Waals surface area contributed by atoms with E-state index >= 15 is 0 Å². The summed E-state index contributed by atoms with van der Waals surface area (Å²) in [6.45, 7) is 1.92. The fourth-order valence-electron chi connectivity index (χ4n) is 2.94. The van der Waals surface area contributed by atoms with E-state index in [1.165, 1.54) is 7.11 Å². The highest BCUT2D eigenvalue weighted by Crippen LogP contribution is 2.35. The molecule has 1 heterocycles. The molecule has 5 nitrogen and oxygen atoms in total. The van der Waals surface area contributed by atoms with Crippen molar-refractivity contribution in [2.24, 2.45) is 0 Å². The molecule has 1 aromatic heterocycles. The van der Waals surface area contributed by atoms with Crippen LogP contribution in [-0.2, 0) is 4.74 Å². The van der Waals surface area contributed by atoms with E-state index in [-0.39, 0.29) is 5.82 Å². The molecule has 3 rings (SSSR count). The van der Waals surface area contributed by atoms with Crippen LogP contribution in [0.25, 0.3) is 22.4 Å². The number of nitrogens with zero attached hydrogens (tertiary/aromatic N) is 2. The summed E-state index contributed by atoms with van der Waals surface area (Å²) in [5.41, 5.74) is 10.9. The van der Waals surface area contributed by atoms with Crippen molar-refractivity contribution < 1.29 is 9.53 Å². The summed E-state index contributed by atoms with van der Waals surface area (Å²) in [6.07, 6.45) is 0. The van der Waals surface area contributed by atoms with Gasteiger partial charge in [0.05, 0.1) is 18.4 Å². The maximum absolute atomic E-state index is 11.6. The third-order valence-corrected chi connectivity index (χ3v) is 4.22. The van der Waals surface area contributed by atoms with E-state index < -0.39 is 5.97 Å². The number of nitrogens with two attached hydrogens (primary N) is 1. The maximum Gasteiger partial charge on any atom is 0.337 e. The minimum Gasteiger partial charge on any atom is -0.465 e. The Kier molecular flexibility index (Phi) is 4.68. The van der Waals surface area contributed by atoms with Gasteiger partial charge >= 0.3 is 5.97 Å². The second-order valence-electron chi connectivity index (χ2n) is 5.77. The number of nitriles is 1. The first-order chi connectivity index (χ1) is 12.6. The number of ether oxygens (including phenoxy) is 1. The Morgan fingerprint density at radius 1 is 1.08 bits per heavy atom. The van der Waals surface area contributed by atoms with Crippen molar-refractivity contribution in [2.75, 3.05) is 12.8 Å². The van der Waals surface area contributed by atoms with E-state index in [9.17, 15) is 10.1 Å². The zero-order valence-electron chi connectivity index (χ0n) is 14.5. The molecular formula is C21H17N3O2. The lowest BCUT2D eigenvalue weighted by atomic mass is 9.92. The monoisotopic (exact) mass is 343 g/mol. The smallest absolute Gasteiger partial charge is 0.337 e. The van der Waals surface area contributed by atoms with Crippen molar-refractivity contribution in [3.05, 3.63) is 71.3 Å². The molecule has 2 N–H and O–H groups in total. The highest BCUT2D eigenvalue weighted by Gasteiger charge is 2.18. The van der Waals surface area contributed by atoms with Crippen molar-refractivity contribution in [1.82, 2.24) is 4.98 Å². The highest BCUT2D eigenvalue weighted by atomic mass is 16.5. The summed E-state index contributed by atoms with van der Waals surface area (Å²) >= 11 is 0. The Bertz CT molecular complexity index is 1000. The molecule has 0 atom stereocenters. The Hall–Kier alpha value is -3.65. The van der Waals surface area contributed by atoms with E-state index in [0.717, 1.165) is 27.9 Å². The SMILES string of the molecule is COC(=O)c1ccc(-c2c(C)c(-c3ccccc3)nc(N)c2C#N)cc1. The first-order valence-corrected chi connectivity index (χ1v) is 8.01. The molecule has 0 saturated heterocycles. The number of benzene rings is 2. The second kappa shape index (κ2) is 7.08. The van der Waals surface area contributed by atoms with Gasteiger partial charge in [-0.2, -0.15) is 5.26 Å². The van der Waals surface area contributed by atoms with Crippen molar-refractivity contribution in [2.45, 2.75) is 6.92 Å². The minimum atomic E-state index is -0.409. The molecule has 2 aromatic carbocycles. The topological polar surface area (TPSA) is 89.0 Å². The molecule has 0 spiro atoms. The Morgan fingerprint density at radius 3 is 2.31 bits per heavy atom. The van der Waals surface area contributed by atoms with Crippen LogP contribution in [0.15, 0.2) is 54.6 Å². The van der Waals surface area contributed by atoms with Gasteiger partial charge in [0.15, 0.2) is 0 Å². The lowest BCUT2D eigenvalue weighted by Gasteiger charge is -2.15. The molecule has 0 aliphatic carbocycles. The van der Waals surface area contributed by atoms with E-state index in [2.05, 4.69) is 11.1 Å². The minimum absolute atomic E-state index is 0.184. The molecule has 0 fully saturated rings. The number of methoxy groups -OCH3 is 1. The van der Waals surface area contributed by atoms with Crippen molar-refractivity contribution in [3.63, 3.8) is 0 Å². The summed E-state index contributed by atoms with van der Waals surface area (Å²) in [5, 5.41) is 9.58. The molecule has 5 heteroatoms. The summed E-state index contributed by atoms with van der Waals surface area (Å²) in [6, 6.07) is 18.7. The molecule has 0 aliphatic heterocycles. The van der Waals surface area contributed by atoms with Gasteiger partial charge in [-0.25, -0.2) is 9.78 Å². The Balaban J connectivity index is 2.22. The molecule has 0 aliphatic rings. The standard InChI is InChI=1S/C21H17N3O2/c1-13-18(14-8-10-16(11-9-14)21(25)26-2)17(12-22)20(23)24-19(13)15-6-4-3-5-7-15/h3-11H,1-2H3,(H2,23,24). The molecule has 26 heavy (non-hydrogen) atoms. The van der Waals surface area contributed by atoms with Gasteiger partial charge in [-0.05, 0) is 30.2 Å². The summed E-state index contributed by atoms with van der Waals surface area (Å²) in [7, 11) is 1.34. The van der Waals surface area contributed by atoms with Gasteiger partial charge in [0.2, 0.25) is 0 Å². The van der Waals surface area contributed by atoms with Crippen LogP contribution < -0.4 is 5.73 Å². The number of pyridine rings is 1. The Labute approximate surface area is 151 Å². The van der Waals surface area contributed by atoms with Crippen LogP contribution in [0, 0.1) is 18.3 Å². The van der Waals surface area contributed by atoms with Gasteiger partial charge < -0.3 is 10.5 Å². The maximum atomic E-state index is 11.6. The van der Waals surface area contributed by atoms with E-state index in [4.69, 9.17) is 10.5 Å². The zero-order valence-corrected chi connectivity index (χ0v) is 14.5. The first-order valence-electron chi connectivity index (χ1n) is 8.01. The van der Waals surface area contributed by atoms with Crippen LogP contribution in [0.5, 0.6) is 0 Å². The zero-order chi connectivity index (χ0) is 18.7.